The molecule has 1 aliphatic rings. The fourth-order valence-electron chi connectivity index (χ4n) is 2.91. The van der Waals surface area contributed by atoms with Gasteiger partial charge in [0.2, 0.25) is 5.13 Å². The van der Waals surface area contributed by atoms with Crippen molar-refractivity contribution in [3.63, 3.8) is 0 Å². The molecule has 1 unspecified atom stereocenters. The molecular weight excluding hydrogens is 434 g/mol. The predicted molar refractivity (Wildman–Crippen MR) is 102 cm³/mol. The van der Waals surface area contributed by atoms with Crippen LogP contribution in [0.1, 0.15) is 22.9 Å². The zero-order valence-corrected chi connectivity index (χ0v) is 16.3. The number of hydrogen-bond donors (Lipinski definition) is 1. The monoisotopic (exact) mass is 445 g/mol. The number of ketones is 1. The van der Waals surface area contributed by atoms with Crippen molar-refractivity contribution in [2.75, 3.05) is 4.90 Å². The second-order valence-electron chi connectivity index (χ2n) is 5.90. The summed E-state index contributed by atoms with van der Waals surface area (Å²) < 4.78 is 6.05. The first-order valence-corrected chi connectivity index (χ1v) is 9.54. The number of nitrogens with zero attached hydrogens (tertiary/aromatic N) is 3. The highest BCUT2D eigenvalue weighted by atomic mass is 79.9. The number of rotatable bonds is 3. The summed E-state index contributed by atoms with van der Waals surface area (Å²) in [6.07, 6.45) is 0. The van der Waals surface area contributed by atoms with Gasteiger partial charge in [-0.15, -0.1) is 10.2 Å². The van der Waals surface area contributed by atoms with Crippen molar-refractivity contribution in [1.82, 2.24) is 10.2 Å². The van der Waals surface area contributed by atoms with Crippen molar-refractivity contribution in [2.24, 2.45) is 0 Å². The summed E-state index contributed by atoms with van der Waals surface area (Å²) in [4.78, 5) is 26.7. The van der Waals surface area contributed by atoms with Gasteiger partial charge in [-0.3, -0.25) is 14.5 Å². The molecule has 3 aromatic rings. The first kappa shape index (κ1) is 17.6. The van der Waals surface area contributed by atoms with Crippen LogP contribution in [-0.2, 0) is 9.59 Å². The molecule has 1 saturated heterocycles. The molecule has 0 radical (unpaired) electrons. The lowest BCUT2D eigenvalue weighted by Gasteiger charge is -2.20. The van der Waals surface area contributed by atoms with Gasteiger partial charge in [-0.1, -0.05) is 41.2 Å². The molecule has 2 aromatic heterocycles. The van der Waals surface area contributed by atoms with E-state index in [4.69, 9.17) is 4.42 Å². The number of halogens is 1. The lowest BCUT2D eigenvalue weighted by atomic mass is 9.99. The Balaban J connectivity index is 1.93. The Bertz CT molecular complexity index is 1060. The first-order chi connectivity index (χ1) is 13.0. The largest absolute Gasteiger partial charge is 0.507 e. The van der Waals surface area contributed by atoms with Gasteiger partial charge in [0.15, 0.2) is 4.67 Å². The Labute approximate surface area is 166 Å². The Kier molecular flexibility index (Phi) is 4.40. The minimum Gasteiger partial charge on any atom is -0.507 e. The third-order valence-electron chi connectivity index (χ3n) is 4.19. The normalized spacial score (nSPS) is 19.0. The minimum atomic E-state index is -0.939. The van der Waals surface area contributed by atoms with E-state index < -0.39 is 17.7 Å². The van der Waals surface area contributed by atoms with Crippen LogP contribution in [0.2, 0.25) is 0 Å². The van der Waals surface area contributed by atoms with Crippen LogP contribution in [0.15, 0.2) is 56.6 Å². The maximum atomic E-state index is 12.8. The van der Waals surface area contributed by atoms with Crippen molar-refractivity contribution >= 4 is 49.8 Å². The number of aromatic nitrogens is 2. The number of amides is 1. The molecule has 0 saturated carbocycles. The molecule has 4 rings (SSSR count). The summed E-state index contributed by atoms with van der Waals surface area (Å²) >= 11 is 4.34. The molecule has 0 spiro atoms. The van der Waals surface area contributed by atoms with Crippen LogP contribution in [0.4, 0.5) is 5.13 Å². The molecule has 3 heterocycles. The topological polar surface area (TPSA) is 96.5 Å². The number of carbonyl (C=O) groups is 2. The molecule has 1 aromatic carbocycles. The number of aliphatic hydroxyl groups excluding tert-OH is 1. The van der Waals surface area contributed by atoms with Crippen molar-refractivity contribution in [2.45, 2.75) is 13.0 Å². The van der Waals surface area contributed by atoms with Crippen LogP contribution in [0.25, 0.3) is 5.76 Å². The van der Waals surface area contributed by atoms with Crippen LogP contribution in [0.3, 0.4) is 0 Å². The van der Waals surface area contributed by atoms with Crippen molar-refractivity contribution in [3.05, 3.63) is 69.0 Å². The van der Waals surface area contributed by atoms with Crippen molar-refractivity contribution in [1.29, 1.82) is 0 Å². The van der Waals surface area contributed by atoms with Gasteiger partial charge < -0.3 is 9.52 Å². The third kappa shape index (κ3) is 2.98. The number of hydrogen-bond acceptors (Lipinski definition) is 7. The molecule has 136 valence electrons. The smallest absolute Gasteiger partial charge is 0.302 e. The van der Waals surface area contributed by atoms with Crippen molar-refractivity contribution in [3.8, 4) is 0 Å². The number of Topliss-reactive ketones (excluding diaryl/α,β-unsaturated/α-hetero) is 1. The van der Waals surface area contributed by atoms with Crippen LogP contribution >= 0.6 is 27.3 Å². The van der Waals surface area contributed by atoms with Crippen LogP contribution in [0, 0.1) is 6.92 Å². The van der Waals surface area contributed by atoms with E-state index in [1.807, 2.05) is 19.1 Å². The summed E-state index contributed by atoms with van der Waals surface area (Å²) in [7, 11) is 0. The Morgan fingerprint density at radius 2 is 1.96 bits per heavy atom. The van der Waals surface area contributed by atoms with E-state index in [1.165, 1.54) is 10.4 Å². The Morgan fingerprint density at radius 1 is 1.22 bits per heavy atom. The number of aryl methyl sites for hydroxylation is 1. The number of carbonyl (C=O) groups excluding carboxylic acids is 2. The molecular formula is C18H12BrN3O4S. The highest BCUT2D eigenvalue weighted by Gasteiger charge is 2.49. The molecule has 1 atom stereocenters. The maximum absolute atomic E-state index is 12.8. The molecule has 0 aliphatic carbocycles. The molecule has 27 heavy (non-hydrogen) atoms. The molecule has 0 bridgehead atoms. The van der Waals surface area contributed by atoms with E-state index in [-0.39, 0.29) is 16.5 Å². The van der Waals surface area contributed by atoms with Gasteiger partial charge >= 0.3 is 5.91 Å². The van der Waals surface area contributed by atoms with Crippen LogP contribution in [0.5, 0.6) is 0 Å². The number of anilines is 1. The standard InChI is InChI=1S/C18H12BrN3O4S/c1-9-2-4-10(5-3-9)15(23)13-14(11-6-7-12(19)26-11)22(17(25)16(13)24)18-21-20-8-27-18/h2-8,14,23H,1H3/b15-13+. The Morgan fingerprint density at radius 3 is 2.56 bits per heavy atom. The van der Waals surface area contributed by atoms with Crippen LogP contribution < -0.4 is 4.90 Å². The SMILES string of the molecule is Cc1ccc(/C(O)=C2\C(=O)C(=O)N(c3nncs3)C2c2ccc(Br)o2)cc1. The van der Waals surface area contributed by atoms with E-state index in [9.17, 15) is 14.7 Å². The second kappa shape index (κ2) is 6.75. The lowest BCUT2D eigenvalue weighted by molar-refractivity contribution is -0.132. The minimum absolute atomic E-state index is 0.0547. The van der Waals surface area contributed by atoms with Gasteiger partial charge in [0.1, 0.15) is 23.1 Å². The summed E-state index contributed by atoms with van der Waals surface area (Å²) in [5.74, 6) is -1.54. The zero-order valence-electron chi connectivity index (χ0n) is 13.9. The predicted octanol–water partition coefficient (Wildman–Crippen LogP) is 3.83. The molecule has 9 heteroatoms. The summed E-state index contributed by atoms with van der Waals surface area (Å²) in [5.41, 5.74) is 2.85. The van der Waals surface area contributed by atoms with E-state index in [0.717, 1.165) is 16.9 Å². The summed E-state index contributed by atoms with van der Waals surface area (Å²) in [6, 6.07) is 9.36. The van der Waals surface area contributed by atoms with E-state index in [2.05, 4.69) is 26.1 Å². The average Bonchev–Trinajstić information content (AvgIpc) is 3.37. The molecule has 7 nitrogen and oxygen atoms in total. The van der Waals surface area contributed by atoms with Gasteiger partial charge in [0.25, 0.3) is 5.78 Å². The number of furan rings is 1. The molecule has 1 amide bonds. The summed E-state index contributed by atoms with van der Waals surface area (Å²) in [5, 5.41) is 18.7. The third-order valence-corrected chi connectivity index (χ3v) is 5.30. The second-order valence-corrected chi connectivity index (χ2v) is 7.49. The first-order valence-electron chi connectivity index (χ1n) is 7.87. The van der Waals surface area contributed by atoms with E-state index in [0.29, 0.717) is 16.0 Å². The average molecular weight is 446 g/mol. The molecule has 1 N–H and O–H groups in total. The number of aliphatic hydroxyl groups is 1. The number of benzene rings is 1. The lowest BCUT2D eigenvalue weighted by Crippen LogP contribution is -2.29. The highest BCUT2D eigenvalue weighted by Crippen LogP contribution is 2.43. The molecule has 1 fully saturated rings. The quantitative estimate of drug-likeness (QED) is 0.373. The van der Waals surface area contributed by atoms with Gasteiger partial charge in [-0.2, -0.15) is 0 Å². The highest BCUT2D eigenvalue weighted by molar-refractivity contribution is 9.10. The Hall–Kier alpha value is -2.78. The fraction of sp³-hybridized carbons (Fsp3) is 0.111. The fourth-order valence-corrected chi connectivity index (χ4v) is 3.82. The molecule has 1 aliphatic heterocycles. The summed E-state index contributed by atoms with van der Waals surface area (Å²) in [6.45, 7) is 1.92. The van der Waals surface area contributed by atoms with Gasteiger partial charge in [0.05, 0.1) is 5.57 Å². The maximum Gasteiger partial charge on any atom is 0.302 e. The van der Waals surface area contributed by atoms with E-state index >= 15 is 0 Å². The van der Waals surface area contributed by atoms with Gasteiger partial charge in [-0.05, 0) is 35.0 Å². The van der Waals surface area contributed by atoms with Crippen LogP contribution in [-0.4, -0.2) is 27.0 Å². The zero-order chi connectivity index (χ0) is 19.1. The van der Waals surface area contributed by atoms with Gasteiger partial charge in [-0.25, -0.2) is 0 Å². The van der Waals surface area contributed by atoms with E-state index in [1.54, 1.807) is 24.3 Å². The van der Waals surface area contributed by atoms with Crippen molar-refractivity contribution < 1.29 is 19.1 Å². The van der Waals surface area contributed by atoms with Gasteiger partial charge in [0, 0.05) is 5.56 Å².